The van der Waals surface area contributed by atoms with Gasteiger partial charge in [-0.15, -0.1) is 0 Å². The zero-order valence-electron chi connectivity index (χ0n) is 36.3. The van der Waals surface area contributed by atoms with E-state index in [2.05, 4.69) is 15.3 Å². The maximum absolute atomic E-state index is 16.9. The van der Waals surface area contributed by atoms with Crippen molar-refractivity contribution in [1.82, 2.24) is 25.1 Å². The second-order valence-corrected chi connectivity index (χ2v) is 17.2. The highest BCUT2D eigenvalue weighted by Gasteiger charge is 2.62. The molecule has 17 nitrogen and oxygen atoms in total. The van der Waals surface area contributed by atoms with Crippen molar-refractivity contribution in [2.75, 3.05) is 27.9 Å². The lowest BCUT2D eigenvalue weighted by atomic mass is 9.73. The molecule has 3 aliphatic rings. The van der Waals surface area contributed by atoms with Crippen LogP contribution in [0.4, 0.5) is 14.0 Å². The number of benzene rings is 1. The molecule has 18 heteroatoms. The summed E-state index contributed by atoms with van der Waals surface area (Å²) < 4.78 is 52.5. The monoisotopic (exact) mass is 845 g/mol. The predicted molar refractivity (Wildman–Crippen MR) is 213 cm³/mol. The third-order valence-electron chi connectivity index (χ3n) is 12.5. The fourth-order valence-electron chi connectivity index (χ4n) is 9.09. The van der Waals surface area contributed by atoms with Crippen molar-refractivity contribution in [3.05, 3.63) is 36.2 Å². The number of hydrogen-bond donors (Lipinski definition) is 2. The van der Waals surface area contributed by atoms with Crippen LogP contribution in [0, 0.1) is 17.8 Å². The van der Waals surface area contributed by atoms with Gasteiger partial charge in [0.2, 0.25) is 0 Å². The van der Waals surface area contributed by atoms with E-state index in [1.165, 1.54) is 21.0 Å². The number of cyclic esters (lactones) is 1. The third-order valence-corrected chi connectivity index (χ3v) is 12.5. The molecular formula is C42H60FN5O12. The van der Waals surface area contributed by atoms with Crippen LogP contribution in [0.1, 0.15) is 80.2 Å². The molecule has 0 radical (unpaired) electrons. The summed E-state index contributed by atoms with van der Waals surface area (Å²) >= 11 is 0. The van der Waals surface area contributed by atoms with Gasteiger partial charge in [-0.3, -0.25) is 24.5 Å². The Balaban J connectivity index is 1.47. The number of likely N-dealkylation sites (N-methyl/N-ethyl adjacent to an activating group) is 1. The lowest BCUT2D eigenvalue weighted by Crippen LogP contribution is -2.62. The number of alkyl halides is 1. The molecule has 0 unspecified atom stereocenters. The first-order valence-electron chi connectivity index (χ1n) is 20.4. The van der Waals surface area contributed by atoms with E-state index in [0.717, 1.165) is 11.8 Å². The van der Waals surface area contributed by atoms with Crippen molar-refractivity contribution < 1.29 is 61.9 Å². The summed E-state index contributed by atoms with van der Waals surface area (Å²) in [5.41, 5.74) is -4.63. The van der Waals surface area contributed by atoms with E-state index in [1.807, 2.05) is 11.8 Å². The number of alkyl carbamates (subject to hydrolysis) is 1. The SMILES string of the molecule is CC[C@H]1OC(=O)[C@@](C)(F)C(=O)[C@H](C)[C@@H](O[C@@H]2O[C@H](C)C[C@H](N(C)C)[C@H]2O)[C@](C)(OC)C[C@@H](C)C(=O)[C@H](C)[C@H]2N(CNC(=O)OCc3ccc4nccnc4c3)C(=O)O[C@]12C. The van der Waals surface area contributed by atoms with Gasteiger partial charge in [0.15, 0.2) is 17.7 Å². The van der Waals surface area contributed by atoms with E-state index in [-0.39, 0.29) is 31.3 Å². The first kappa shape index (κ1) is 46.7. The van der Waals surface area contributed by atoms with E-state index in [1.54, 1.807) is 72.4 Å². The molecule has 0 saturated carbocycles. The largest absolute Gasteiger partial charge is 0.455 e. The molecular weight excluding hydrogens is 785 g/mol. The lowest BCUT2D eigenvalue weighted by Gasteiger charge is -2.47. The number of carbonyl (C=O) groups is 5. The van der Waals surface area contributed by atoms with Crippen LogP contribution in [0.3, 0.4) is 0 Å². The molecule has 2 aromatic rings. The highest BCUT2D eigenvalue weighted by molar-refractivity contribution is 6.08. The molecule has 60 heavy (non-hydrogen) atoms. The maximum Gasteiger partial charge on any atom is 0.412 e. The van der Waals surface area contributed by atoms with Crippen molar-refractivity contribution in [3.63, 3.8) is 0 Å². The van der Waals surface area contributed by atoms with E-state index >= 15 is 4.39 Å². The number of rotatable bonds is 9. The van der Waals surface area contributed by atoms with Crippen LogP contribution in [-0.2, 0) is 49.4 Å². The van der Waals surface area contributed by atoms with Gasteiger partial charge in [-0.05, 0) is 78.7 Å². The number of amides is 2. The van der Waals surface area contributed by atoms with Crippen molar-refractivity contribution in [3.8, 4) is 0 Å². The Hall–Kier alpha value is -4.36. The summed E-state index contributed by atoms with van der Waals surface area (Å²) in [5.74, 6) is -6.40. The maximum atomic E-state index is 16.9. The van der Waals surface area contributed by atoms with Gasteiger partial charge in [-0.2, -0.15) is 0 Å². The number of Topliss-reactive ketones (excluding diaryl/α,β-unsaturated/α-hetero) is 2. The Morgan fingerprint density at radius 2 is 1.72 bits per heavy atom. The second-order valence-electron chi connectivity index (χ2n) is 17.2. The van der Waals surface area contributed by atoms with Gasteiger partial charge in [0, 0.05) is 43.3 Å². The van der Waals surface area contributed by atoms with Crippen molar-refractivity contribution in [1.29, 1.82) is 0 Å². The molecule has 0 spiro atoms. The Kier molecular flexibility index (Phi) is 14.3. The average molecular weight is 846 g/mol. The molecule has 2 N–H and O–H groups in total. The highest BCUT2D eigenvalue weighted by atomic mass is 19.1. The molecule has 3 saturated heterocycles. The standard InChI is InChI=1S/C42H60FN5O12/c1-12-30-42(8)33(48(39(54)60-42)21-46-38(53)56-20-26-13-14-27-28(18-26)45-16-15-44-27)24(4)31(49)22(2)19-40(6,55-11)35(25(5)34(51)41(7,43)37(52)58-30)59-36-32(50)29(47(9)10)17-23(3)57-36/h13-16,18,22-25,29-30,32-33,35-36,50H,12,17,19-21H2,1-11H3,(H,46,53)/t22-,23-,24+,25+,29+,30-,32-,33-,35-,36+,40-,41+,42-/m1/s1. The van der Waals surface area contributed by atoms with Gasteiger partial charge in [-0.25, -0.2) is 18.8 Å². The van der Waals surface area contributed by atoms with Gasteiger partial charge >= 0.3 is 18.2 Å². The molecule has 2 amide bonds. The number of esters is 1. The Morgan fingerprint density at radius 1 is 1.05 bits per heavy atom. The number of nitrogens with one attached hydrogen (secondary N) is 1. The fourth-order valence-corrected chi connectivity index (χ4v) is 9.09. The summed E-state index contributed by atoms with van der Waals surface area (Å²) in [7, 11) is 4.96. The molecule has 332 valence electrons. The predicted octanol–water partition coefficient (Wildman–Crippen LogP) is 4.11. The van der Waals surface area contributed by atoms with Crippen molar-refractivity contribution in [2.45, 2.75) is 141 Å². The minimum atomic E-state index is -3.25. The molecule has 1 aromatic heterocycles. The van der Waals surface area contributed by atoms with Crippen LogP contribution < -0.4 is 5.32 Å². The molecule has 3 fully saturated rings. The molecule has 0 bridgehead atoms. The summed E-state index contributed by atoms with van der Waals surface area (Å²) in [4.78, 5) is 81.0. The van der Waals surface area contributed by atoms with Gasteiger partial charge in [-0.1, -0.05) is 33.8 Å². The molecule has 4 heterocycles. The van der Waals surface area contributed by atoms with E-state index in [0.29, 0.717) is 23.0 Å². The van der Waals surface area contributed by atoms with E-state index in [4.69, 9.17) is 28.4 Å². The zero-order chi connectivity index (χ0) is 44.5. The number of ether oxygens (including phenoxy) is 6. The second kappa shape index (κ2) is 18.3. The van der Waals surface area contributed by atoms with Crippen molar-refractivity contribution in [2.24, 2.45) is 17.8 Å². The van der Waals surface area contributed by atoms with E-state index in [9.17, 15) is 29.1 Å². The quantitative estimate of drug-likeness (QED) is 0.207. The van der Waals surface area contributed by atoms with Gasteiger partial charge in [0.1, 0.15) is 24.6 Å². The molecule has 13 atom stereocenters. The lowest BCUT2D eigenvalue weighted by molar-refractivity contribution is -0.295. The normalized spacial score (nSPS) is 37.0. The first-order valence-corrected chi connectivity index (χ1v) is 20.4. The number of ketones is 2. The van der Waals surface area contributed by atoms with Crippen LogP contribution in [-0.4, -0.2) is 142 Å². The number of aromatic nitrogens is 2. The van der Waals surface area contributed by atoms with Crippen LogP contribution >= 0.6 is 0 Å². The van der Waals surface area contributed by atoms with Gasteiger partial charge in [0.25, 0.3) is 5.67 Å². The topological polar surface area (TPSA) is 205 Å². The smallest absolute Gasteiger partial charge is 0.412 e. The number of methoxy groups -OCH3 is 1. The van der Waals surface area contributed by atoms with Gasteiger partial charge in [0.05, 0.1) is 41.6 Å². The van der Waals surface area contributed by atoms with E-state index < -0.39 is 102 Å². The van der Waals surface area contributed by atoms with Crippen LogP contribution in [0.5, 0.6) is 0 Å². The number of hydrogen-bond acceptors (Lipinski definition) is 15. The molecule has 1 aromatic carbocycles. The number of carbonyl (C=O) groups excluding carboxylic acids is 5. The Morgan fingerprint density at radius 3 is 2.35 bits per heavy atom. The number of halogens is 1. The minimum absolute atomic E-state index is 0.0165. The number of nitrogens with zero attached hydrogens (tertiary/aromatic N) is 4. The first-order chi connectivity index (χ1) is 28.1. The third kappa shape index (κ3) is 9.27. The number of fused-ring (bicyclic) bond motifs is 2. The van der Waals surface area contributed by atoms with Crippen LogP contribution in [0.15, 0.2) is 30.6 Å². The molecule has 0 aliphatic carbocycles. The summed E-state index contributed by atoms with van der Waals surface area (Å²) in [5, 5.41) is 14.0. The van der Waals surface area contributed by atoms with Crippen molar-refractivity contribution >= 4 is 40.8 Å². The Labute approximate surface area is 349 Å². The average Bonchev–Trinajstić information content (AvgIpc) is 3.47. The molecule has 3 aliphatic heterocycles. The van der Waals surface area contributed by atoms with Crippen LogP contribution in [0.25, 0.3) is 11.0 Å². The zero-order valence-corrected chi connectivity index (χ0v) is 36.3. The molecule has 5 rings (SSSR count). The number of aliphatic hydroxyl groups excluding tert-OH is 1. The fraction of sp³-hybridized carbons (Fsp3) is 0.690. The highest BCUT2D eigenvalue weighted by Crippen LogP contribution is 2.43. The summed E-state index contributed by atoms with van der Waals surface area (Å²) in [6.07, 6.45) is -3.92. The van der Waals surface area contributed by atoms with Gasteiger partial charge < -0.3 is 43.7 Å². The summed E-state index contributed by atoms with van der Waals surface area (Å²) in [6.45, 7) is 11.3. The summed E-state index contributed by atoms with van der Waals surface area (Å²) in [6, 6.07) is 3.62. The Bertz CT molecular complexity index is 1920. The number of aliphatic hydroxyl groups is 1. The minimum Gasteiger partial charge on any atom is -0.455 e. The van der Waals surface area contributed by atoms with Crippen LogP contribution in [0.2, 0.25) is 0 Å².